The maximum absolute atomic E-state index is 12.9. The van der Waals surface area contributed by atoms with Crippen LogP contribution in [0.1, 0.15) is 37.8 Å². The molecule has 0 spiro atoms. The molecule has 25 heavy (non-hydrogen) atoms. The van der Waals surface area contributed by atoms with Crippen LogP contribution in [0.5, 0.6) is 0 Å². The number of ether oxygens (including phenoxy) is 1. The molecule has 3 N–H and O–H groups in total. The van der Waals surface area contributed by atoms with E-state index in [0.29, 0.717) is 31.6 Å². The summed E-state index contributed by atoms with van der Waals surface area (Å²) in [4.78, 5) is 12.6. The van der Waals surface area contributed by atoms with E-state index in [9.17, 15) is 18.0 Å². The summed E-state index contributed by atoms with van der Waals surface area (Å²) in [5, 5.41) is 2.89. The van der Waals surface area contributed by atoms with Gasteiger partial charge in [-0.1, -0.05) is 32.0 Å². The van der Waals surface area contributed by atoms with Crippen molar-refractivity contribution < 1.29 is 22.7 Å². The number of carbonyl (C=O) groups excluding carboxylic acids is 1. The van der Waals surface area contributed by atoms with Gasteiger partial charge in [-0.15, -0.1) is 0 Å². The minimum Gasteiger partial charge on any atom is -0.381 e. The van der Waals surface area contributed by atoms with E-state index in [-0.39, 0.29) is 19.0 Å². The summed E-state index contributed by atoms with van der Waals surface area (Å²) in [5.41, 5.74) is 4.36. The highest BCUT2D eigenvalue weighted by Gasteiger charge is 2.39. The number of alkyl halides is 3. The molecule has 0 aliphatic carbocycles. The van der Waals surface area contributed by atoms with Crippen LogP contribution in [0.3, 0.4) is 0 Å². The van der Waals surface area contributed by atoms with Crippen molar-refractivity contribution >= 4 is 5.91 Å². The van der Waals surface area contributed by atoms with Crippen molar-refractivity contribution in [3.8, 4) is 0 Å². The number of benzene rings is 1. The highest BCUT2D eigenvalue weighted by atomic mass is 19.4. The lowest BCUT2D eigenvalue weighted by molar-refractivity contribution is -0.138. The first kappa shape index (κ1) is 19.7. The van der Waals surface area contributed by atoms with E-state index in [1.165, 1.54) is 6.07 Å². The van der Waals surface area contributed by atoms with E-state index in [4.69, 9.17) is 10.5 Å². The second-order valence-electron chi connectivity index (χ2n) is 7.24. The lowest BCUT2D eigenvalue weighted by Crippen LogP contribution is -2.51. The maximum Gasteiger partial charge on any atom is 0.416 e. The Labute approximate surface area is 145 Å². The molecule has 1 fully saturated rings. The van der Waals surface area contributed by atoms with Gasteiger partial charge in [0.25, 0.3) is 0 Å². The smallest absolute Gasteiger partial charge is 0.381 e. The van der Waals surface area contributed by atoms with E-state index >= 15 is 0 Å². The summed E-state index contributed by atoms with van der Waals surface area (Å²) < 4.78 is 44.0. The Hall–Kier alpha value is -1.60. The Bertz CT molecular complexity index is 609. The number of hydrogen-bond donors (Lipinski definition) is 2. The van der Waals surface area contributed by atoms with Crippen molar-refractivity contribution in [3.63, 3.8) is 0 Å². The van der Waals surface area contributed by atoms with Gasteiger partial charge in [0.05, 0.1) is 11.0 Å². The Morgan fingerprint density at radius 3 is 2.40 bits per heavy atom. The van der Waals surface area contributed by atoms with Crippen LogP contribution in [-0.2, 0) is 21.1 Å². The number of nitrogens with two attached hydrogens (primary N) is 1. The van der Waals surface area contributed by atoms with E-state index in [1.54, 1.807) is 6.07 Å². The summed E-state index contributed by atoms with van der Waals surface area (Å²) in [7, 11) is 0. The maximum atomic E-state index is 12.9. The normalized spacial score (nSPS) is 18.0. The molecule has 0 radical (unpaired) electrons. The standard InChI is InChI=1S/C18H25F3N2O2/c1-16(2,13-4-3-5-14(10-13)18(19,20)21)12-23-15(24)17(11-22)6-8-25-9-7-17/h3-5,10H,6-9,11-12,22H2,1-2H3,(H,23,24). The zero-order valence-corrected chi connectivity index (χ0v) is 14.6. The molecule has 0 unspecified atom stereocenters. The van der Waals surface area contributed by atoms with Gasteiger partial charge >= 0.3 is 6.18 Å². The zero-order chi connectivity index (χ0) is 18.7. The largest absolute Gasteiger partial charge is 0.416 e. The third-order valence-electron chi connectivity index (χ3n) is 4.98. The van der Waals surface area contributed by atoms with Crippen LogP contribution >= 0.6 is 0 Å². The second-order valence-corrected chi connectivity index (χ2v) is 7.24. The van der Waals surface area contributed by atoms with E-state index < -0.39 is 22.6 Å². The van der Waals surface area contributed by atoms with Crippen LogP contribution in [-0.4, -0.2) is 32.2 Å². The van der Waals surface area contributed by atoms with Crippen molar-refractivity contribution in [2.24, 2.45) is 11.1 Å². The van der Waals surface area contributed by atoms with Gasteiger partial charge in [0.1, 0.15) is 0 Å². The number of hydrogen-bond acceptors (Lipinski definition) is 3. The number of halogens is 3. The summed E-state index contributed by atoms with van der Waals surface area (Å²) in [6, 6.07) is 5.22. The topological polar surface area (TPSA) is 64.4 Å². The van der Waals surface area contributed by atoms with Crippen LogP contribution in [0.2, 0.25) is 0 Å². The SMILES string of the molecule is CC(C)(CNC(=O)C1(CN)CCOCC1)c1cccc(C(F)(F)F)c1. The fraction of sp³-hybridized carbons (Fsp3) is 0.611. The molecule has 1 aromatic carbocycles. The molecule has 4 nitrogen and oxygen atoms in total. The molecule has 0 aromatic heterocycles. The van der Waals surface area contributed by atoms with Gasteiger partial charge in [0.2, 0.25) is 5.91 Å². The van der Waals surface area contributed by atoms with E-state index in [0.717, 1.165) is 12.1 Å². The summed E-state index contributed by atoms with van der Waals surface area (Å²) >= 11 is 0. The monoisotopic (exact) mass is 358 g/mol. The number of amides is 1. The molecule has 1 aliphatic heterocycles. The van der Waals surface area contributed by atoms with Gasteiger partial charge in [-0.2, -0.15) is 13.2 Å². The van der Waals surface area contributed by atoms with Crippen molar-refractivity contribution in [2.45, 2.75) is 38.3 Å². The fourth-order valence-electron chi connectivity index (χ4n) is 2.99. The molecule has 2 rings (SSSR count). The minimum atomic E-state index is -4.39. The average molecular weight is 358 g/mol. The number of rotatable bonds is 5. The first-order valence-corrected chi connectivity index (χ1v) is 8.35. The van der Waals surface area contributed by atoms with Gasteiger partial charge < -0.3 is 15.8 Å². The van der Waals surface area contributed by atoms with Gasteiger partial charge in [0.15, 0.2) is 0 Å². The number of nitrogens with one attached hydrogen (secondary N) is 1. The van der Waals surface area contributed by atoms with Crippen molar-refractivity contribution in [1.82, 2.24) is 5.32 Å². The van der Waals surface area contributed by atoms with Crippen LogP contribution in [0.25, 0.3) is 0 Å². The Morgan fingerprint density at radius 1 is 1.24 bits per heavy atom. The van der Waals surface area contributed by atoms with Gasteiger partial charge in [-0.05, 0) is 24.5 Å². The fourth-order valence-corrected chi connectivity index (χ4v) is 2.99. The molecule has 1 amide bonds. The Kier molecular flexibility index (Phi) is 5.79. The molecule has 0 bridgehead atoms. The van der Waals surface area contributed by atoms with Gasteiger partial charge in [-0.3, -0.25) is 4.79 Å². The van der Waals surface area contributed by atoms with Crippen LogP contribution in [0, 0.1) is 5.41 Å². The molecule has 0 atom stereocenters. The predicted molar refractivity (Wildman–Crippen MR) is 89.0 cm³/mol. The highest BCUT2D eigenvalue weighted by Crippen LogP contribution is 2.33. The molecule has 1 heterocycles. The molecule has 7 heteroatoms. The number of carbonyl (C=O) groups is 1. The predicted octanol–water partition coefficient (Wildman–Crippen LogP) is 2.85. The summed E-state index contributed by atoms with van der Waals surface area (Å²) in [6.07, 6.45) is -3.28. The van der Waals surface area contributed by atoms with E-state index in [2.05, 4.69) is 5.32 Å². The summed E-state index contributed by atoms with van der Waals surface area (Å²) in [6.45, 7) is 5.05. The zero-order valence-electron chi connectivity index (χ0n) is 14.6. The second kappa shape index (κ2) is 7.33. The van der Waals surface area contributed by atoms with Crippen LogP contribution in [0.15, 0.2) is 24.3 Å². The first-order chi connectivity index (χ1) is 11.6. The summed E-state index contributed by atoms with van der Waals surface area (Å²) in [5.74, 6) is -0.154. The lowest BCUT2D eigenvalue weighted by Gasteiger charge is -2.36. The lowest BCUT2D eigenvalue weighted by atomic mass is 9.78. The molecular weight excluding hydrogens is 333 g/mol. The Balaban J connectivity index is 2.09. The van der Waals surface area contributed by atoms with Crippen molar-refractivity contribution in [2.75, 3.05) is 26.3 Å². The molecule has 0 saturated carbocycles. The van der Waals surface area contributed by atoms with E-state index in [1.807, 2.05) is 13.8 Å². The molecular formula is C18H25F3N2O2. The first-order valence-electron chi connectivity index (χ1n) is 8.35. The van der Waals surface area contributed by atoms with Crippen molar-refractivity contribution in [1.29, 1.82) is 0 Å². The minimum absolute atomic E-state index is 0.154. The molecule has 1 aliphatic rings. The van der Waals surface area contributed by atoms with Gasteiger partial charge in [-0.25, -0.2) is 0 Å². The Morgan fingerprint density at radius 2 is 1.84 bits per heavy atom. The van der Waals surface area contributed by atoms with Crippen molar-refractivity contribution in [3.05, 3.63) is 35.4 Å². The molecule has 1 saturated heterocycles. The third-order valence-corrected chi connectivity index (χ3v) is 4.98. The molecule has 1 aromatic rings. The van der Waals surface area contributed by atoms with Crippen LogP contribution in [0.4, 0.5) is 13.2 Å². The third kappa shape index (κ3) is 4.52. The van der Waals surface area contributed by atoms with Gasteiger partial charge in [0, 0.05) is 31.7 Å². The van der Waals surface area contributed by atoms with Crippen LogP contribution < -0.4 is 11.1 Å². The quantitative estimate of drug-likeness (QED) is 0.851. The average Bonchev–Trinajstić information content (AvgIpc) is 2.59. The molecule has 140 valence electrons. The highest BCUT2D eigenvalue weighted by molar-refractivity contribution is 5.83.